The van der Waals surface area contributed by atoms with Crippen molar-refractivity contribution in [3.8, 4) is 0 Å². The molecule has 6 nitrogen and oxygen atoms in total. The molecule has 3 rings (SSSR count). The van der Waals surface area contributed by atoms with E-state index in [4.69, 9.17) is 0 Å². The number of likely N-dealkylation sites (tertiary alicyclic amines) is 1. The number of hydrogen-bond donors (Lipinski definition) is 1. The van der Waals surface area contributed by atoms with Crippen molar-refractivity contribution in [1.82, 2.24) is 19.7 Å². The van der Waals surface area contributed by atoms with Gasteiger partial charge in [-0.1, -0.05) is 0 Å². The van der Waals surface area contributed by atoms with E-state index in [-0.39, 0.29) is 17.7 Å². The lowest BCUT2D eigenvalue weighted by atomic mass is 9.95. The van der Waals surface area contributed by atoms with Crippen molar-refractivity contribution in [2.24, 2.45) is 13.0 Å². The first-order valence-corrected chi connectivity index (χ1v) is 9.60. The van der Waals surface area contributed by atoms with Gasteiger partial charge in [0.2, 0.25) is 5.91 Å². The van der Waals surface area contributed by atoms with Crippen LogP contribution in [0.3, 0.4) is 0 Å². The van der Waals surface area contributed by atoms with Gasteiger partial charge in [-0.05, 0) is 44.4 Å². The Kier molecular flexibility index (Phi) is 5.44. The molecule has 2 aromatic rings. The molecule has 7 heteroatoms. The molecule has 1 fully saturated rings. The molecule has 0 atom stereocenters. The van der Waals surface area contributed by atoms with Crippen molar-refractivity contribution >= 4 is 33.4 Å². The highest BCUT2D eigenvalue weighted by molar-refractivity contribution is 7.17. The molecule has 1 aliphatic heterocycles. The van der Waals surface area contributed by atoms with Crippen LogP contribution in [0, 0.1) is 5.92 Å². The maximum Gasteiger partial charge on any atom is 0.270 e. The van der Waals surface area contributed by atoms with Crippen molar-refractivity contribution in [2.45, 2.75) is 12.8 Å². The van der Waals surface area contributed by atoms with Gasteiger partial charge in [-0.2, -0.15) is 0 Å². The van der Waals surface area contributed by atoms with Gasteiger partial charge in [0.25, 0.3) is 5.91 Å². The summed E-state index contributed by atoms with van der Waals surface area (Å²) in [5, 5.41) is 5.04. The van der Waals surface area contributed by atoms with Gasteiger partial charge in [-0.25, -0.2) is 0 Å². The van der Waals surface area contributed by atoms with Crippen molar-refractivity contribution in [3.05, 3.63) is 23.2 Å². The number of nitrogens with zero attached hydrogens (tertiary/aromatic N) is 3. The fraction of sp³-hybridized carbons (Fsp3) is 0.556. The van der Waals surface area contributed by atoms with Gasteiger partial charge in [-0.3, -0.25) is 9.59 Å². The number of aryl methyl sites for hydroxylation is 1. The molecule has 0 unspecified atom stereocenters. The third-order valence-electron chi connectivity index (χ3n) is 4.89. The maximum absolute atomic E-state index is 12.8. The molecule has 0 radical (unpaired) electrons. The van der Waals surface area contributed by atoms with E-state index >= 15 is 0 Å². The summed E-state index contributed by atoms with van der Waals surface area (Å²) >= 11 is 1.65. The number of piperidine rings is 1. The summed E-state index contributed by atoms with van der Waals surface area (Å²) < 4.78 is 3.11. The molecule has 136 valence electrons. The van der Waals surface area contributed by atoms with Crippen LogP contribution in [0.25, 0.3) is 10.2 Å². The van der Waals surface area contributed by atoms with Crippen LogP contribution in [0.4, 0.5) is 0 Å². The molecule has 3 heterocycles. The van der Waals surface area contributed by atoms with Crippen LogP contribution in [-0.4, -0.2) is 66.5 Å². The minimum Gasteiger partial charge on any atom is -0.355 e. The second-order valence-electron chi connectivity index (χ2n) is 6.92. The number of fused-ring (bicyclic) bond motifs is 1. The van der Waals surface area contributed by atoms with Crippen LogP contribution in [0.5, 0.6) is 0 Å². The molecule has 1 N–H and O–H groups in total. The highest BCUT2D eigenvalue weighted by atomic mass is 32.1. The second-order valence-corrected chi connectivity index (χ2v) is 7.87. The van der Waals surface area contributed by atoms with Gasteiger partial charge in [-0.15, -0.1) is 11.3 Å². The number of carbonyl (C=O) groups excluding carboxylic acids is 2. The van der Waals surface area contributed by atoms with E-state index in [1.165, 1.54) is 0 Å². The van der Waals surface area contributed by atoms with Crippen LogP contribution in [0.2, 0.25) is 0 Å². The Balaban J connectivity index is 1.55. The smallest absolute Gasteiger partial charge is 0.270 e. The first-order chi connectivity index (χ1) is 12.0. The predicted molar refractivity (Wildman–Crippen MR) is 101 cm³/mol. The molecule has 0 saturated carbocycles. The molecular weight excluding hydrogens is 336 g/mol. The second kappa shape index (κ2) is 7.58. The first-order valence-electron chi connectivity index (χ1n) is 8.72. The average Bonchev–Trinajstić information content (AvgIpc) is 3.17. The van der Waals surface area contributed by atoms with Gasteiger partial charge >= 0.3 is 0 Å². The molecule has 0 spiro atoms. The Bertz CT molecular complexity index is 756. The minimum absolute atomic E-state index is 0.0168. The largest absolute Gasteiger partial charge is 0.355 e. The number of likely N-dealkylation sites (N-methyl/N-ethyl adjacent to an activating group) is 1. The van der Waals surface area contributed by atoms with Crippen LogP contribution in [-0.2, 0) is 11.8 Å². The van der Waals surface area contributed by atoms with Gasteiger partial charge in [0.05, 0.1) is 10.2 Å². The zero-order valence-electron chi connectivity index (χ0n) is 15.1. The zero-order valence-corrected chi connectivity index (χ0v) is 15.9. The molecule has 2 aromatic heterocycles. The van der Waals surface area contributed by atoms with E-state index in [1.54, 1.807) is 11.3 Å². The standard InChI is InChI=1S/C18H26N4O2S/c1-20(2)10-7-19-17(23)13-4-8-22(9-5-13)18(24)15-12-16-14(21(15)3)6-11-25-16/h6,11-13H,4-5,7-10H2,1-3H3,(H,19,23). The van der Waals surface area contributed by atoms with Crippen molar-refractivity contribution < 1.29 is 9.59 Å². The average molecular weight is 362 g/mol. The van der Waals surface area contributed by atoms with Crippen molar-refractivity contribution in [2.75, 3.05) is 40.3 Å². The van der Waals surface area contributed by atoms with Gasteiger partial charge in [0.15, 0.2) is 0 Å². The normalized spacial score (nSPS) is 15.9. The molecule has 1 aliphatic rings. The molecule has 25 heavy (non-hydrogen) atoms. The van der Waals surface area contributed by atoms with Crippen molar-refractivity contribution in [3.63, 3.8) is 0 Å². The highest BCUT2D eigenvalue weighted by Crippen LogP contribution is 2.26. The number of nitrogens with one attached hydrogen (secondary N) is 1. The third-order valence-corrected chi connectivity index (χ3v) is 5.75. The number of hydrogen-bond acceptors (Lipinski definition) is 4. The van der Waals surface area contributed by atoms with E-state index in [2.05, 4.69) is 5.32 Å². The number of amides is 2. The zero-order chi connectivity index (χ0) is 18.0. The summed E-state index contributed by atoms with van der Waals surface area (Å²) in [6.45, 7) is 2.80. The SMILES string of the molecule is CN(C)CCNC(=O)C1CCN(C(=O)c2cc3sccc3n2C)CC1. The molecule has 2 amide bonds. The lowest BCUT2D eigenvalue weighted by Crippen LogP contribution is -2.44. The molecular formula is C18H26N4O2S. The Morgan fingerprint density at radius 3 is 2.68 bits per heavy atom. The summed E-state index contributed by atoms with van der Waals surface area (Å²) in [6, 6.07) is 4.02. The van der Waals surface area contributed by atoms with Gasteiger partial charge < -0.3 is 19.7 Å². The summed E-state index contributed by atoms with van der Waals surface area (Å²) in [4.78, 5) is 29.0. The van der Waals surface area contributed by atoms with Crippen LogP contribution in [0.1, 0.15) is 23.3 Å². The summed E-state index contributed by atoms with van der Waals surface area (Å²) in [5.74, 6) is 0.203. The van der Waals surface area contributed by atoms with Gasteiger partial charge in [0.1, 0.15) is 5.69 Å². The van der Waals surface area contributed by atoms with E-state index in [1.807, 2.05) is 53.0 Å². The highest BCUT2D eigenvalue weighted by Gasteiger charge is 2.29. The molecule has 0 bridgehead atoms. The molecule has 1 saturated heterocycles. The number of rotatable bonds is 5. The fourth-order valence-electron chi connectivity index (χ4n) is 3.31. The lowest BCUT2D eigenvalue weighted by molar-refractivity contribution is -0.126. The Hall–Kier alpha value is -1.86. The Morgan fingerprint density at radius 1 is 1.32 bits per heavy atom. The predicted octanol–water partition coefficient (Wildman–Crippen LogP) is 1.77. The summed E-state index contributed by atoms with van der Waals surface area (Å²) in [5.41, 5.74) is 1.83. The van der Waals surface area contributed by atoms with E-state index in [9.17, 15) is 9.59 Å². The quantitative estimate of drug-likeness (QED) is 0.882. The van der Waals surface area contributed by atoms with Crippen molar-refractivity contribution in [1.29, 1.82) is 0 Å². The van der Waals surface area contributed by atoms with E-state index in [0.717, 1.165) is 35.3 Å². The number of carbonyl (C=O) groups is 2. The van der Waals surface area contributed by atoms with Crippen LogP contribution < -0.4 is 5.32 Å². The van der Waals surface area contributed by atoms with E-state index < -0.39 is 0 Å². The summed E-state index contributed by atoms with van der Waals surface area (Å²) in [6.07, 6.45) is 1.47. The Morgan fingerprint density at radius 2 is 2.04 bits per heavy atom. The molecule has 0 aliphatic carbocycles. The first kappa shape index (κ1) is 17.9. The van der Waals surface area contributed by atoms with Crippen LogP contribution >= 0.6 is 11.3 Å². The number of thiophene rings is 1. The van der Waals surface area contributed by atoms with E-state index in [0.29, 0.717) is 19.6 Å². The van der Waals surface area contributed by atoms with Crippen LogP contribution in [0.15, 0.2) is 17.5 Å². The minimum atomic E-state index is 0.0168. The fourth-order valence-corrected chi connectivity index (χ4v) is 4.16. The number of aromatic nitrogens is 1. The topological polar surface area (TPSA) is 57.6 Å². The summed E-state index contributed by atoms with van der Waals surface area (Å²) in [7, 11) is 5.92. The monoisotopic (exact) mass is 362 g/mol. The Labute approximate surface area is 152 Å². The lowest BCUT2D eigenvalue weighted by Gasteiger charge is -2.31. The maximum atomic E-state index is 12.8. The third kappa shape index (κ3) is 3.88. The molecule has 0 aromatic carbocycles. The van der Waals surface area contributed by atoms with Gasteiger partial charge in [0, 0.05) is 39.1 Å².